The Morgan fingerprint density at radius 1 is 1.16 bits per heavy atom. The minimum atomic E-state index is 0.507. The van der Waals surface area contributed by atoms with Gasteiger partial charge in [-0.2, -0.15) is 5.10 Å². The van der Waals surface area contributed by atoms with E-state index in [1.165, 1.54) is 25.7 Å². The molecule has 3 rings (SSSR count). The number of anilines is 1. The molecule has 0 radical (unpaired) electrons. The summed E-state index contributed by atoms with van der Waals surface area (Å²) in [5.41, 5.74) is 9.76. The zero-order valence-electron chi connectivity index (χ0n) is 11.4. The number of aryl methyl sites for hydroxylation is 2. The van der Waals surface area contributed by atoms with Crippen molar-refractivity contribution in [1.29, 1.82) is 0 Å². The topological polar surface area (TPSA) is 69.6 Å². The minimum absolute atomic E-state index is 0.507. The van der Waals surface area contributed by atoms with Crippen LogP contribution >= 0.6 is 0 Å². The maximum atomic E-state index is 6.10. The van der Waals surface area contributed by atoms with Crippen LogP contribution in [0, 0.1) is 13.8 Å². The van der Waals surface area contributed by atoms with Gasteiger partial charge in [0.15, 0.2) is 0 Å². The molecule has 0 saturated heterocycles. The highest BCUT2D eigenvalue weighted by Gasteiger charge is 2.23. The maximum Gasteiger partial charge on any atom is 0.251 e. The fraction of sp³-hybridized carbons (Fsp3) is 0.500. The largest absolute Gasteiger partial charge is 0.396 e. The minimum Gasteiger partial charge on any atom is -0.396 e. The van der Waals surface area contributed by atoms with E-state index in [0.717, 1.165) is 22.8 Å². The Hall–Kier alpha value is -1.91. The van der Waals surface area contributed by atoms with E-state index in [2.05, 4.69) is 15.1 Å². The van der Waals surface area contributed by atoms with Crippen molar-refractivity contribution in [3.05, 3.63) is 29.3 Å². The van der Waals surface area contributed by atoms with Gasteiger partial charge < -0.3 is 5.73 Å². The predicted octanol–water partition coefficient (Wildman–Crippen LogP) is 2.52. The summed E-state index contributed by atoms with van der Waals surface area (Å²) in [4.78, 5) is 8.84. The third-order valence-corrected chi connectivity index (χ3v) is 3.69. The number of nitrogen functional groups attached to an aromatic ring is 1. The van der Waals surface area contributed by atoms with E-state index >= 15 is 0 Å². The number of nitrogens with zero attached hydrogens (tertiary/aromatic N) is 4. The van der Waals surface area contributed by atoms with E-state index in [9.17, 15) is 0 Å². The summed E-state index contributed by atoms with van der Waals surface area (Å²) in [5.74, 6) is 1.11. The Balaban J connectivity index is 1.99. The molecule has 0 bridgehead atoms. The first-order chi connectivity index (χ1) is 9.13. The van der Waals surface area contributed by atoms with Gasteiger partial charge in [-0.1, -0.05) is 12.8 Å². The van der Waals surface area contributed by atoms with Crippen molar-refractivity contribution in [3.8, 4) is 5.95 Å². The van der Waals surface area contributed by atoms with Crippen LogP contribution in [0.25, 0.3) is 5.95 Å². The average molecular weight is 257 g/mol. The molecule has 1 aliphatic carbocycles. The number of nitrogens with two attached hydrogens (primary N) is 1. The highest BCUT2D eigenvalue weighted by Crippen LogP contribution is 2.35. The molecule has 0 spiro atoms. The lowest BCUT2D eigenvalue weighted by Crippen LogP contribution is -2.05. The molecule has 2 heterocycles. The summed E-state index contributed by atoms with van der Waals surface area (Å²) in [5, 5.41) is 4.61. The molecule has 2 N–H and O–H groups in total. The molecule has 1 aliphatic rings. The smallest absolute Gasteiger partial charge is 0.251 e. The lowest BCUT2D eigenvalue weighted by molar-refractivity contribution is 0.671. The average Bonchev–Trinajstić information content (AvgIpc) is 2.96. The second-order valence-corrected chi connectivity index (χ2v) is 5.35. The third-order valence-electron chi connectivity index (χ3n) is 3.69. The Bertz CT molecular complexity index is 576. The van der Waals surface area contributed by atoms with E-state index in [1.807, 2.05) is 26.1 Å². The van der Waals surface area contributed by atoms with Gasteiger partial charge in [-0.3, -0.25) is 0 Å². The molecular formula is C14H19N5. The van der Waals surface area contributed by atoms with Gasteiger partial charge in [0.25, 0.3) is 5.95 Å². The zero-order chi connectivity index (χ0) is 13.4. The number of hydrogen-bond donors (Lipinski definition) is 1. The normalized spacial score (nSPS) is 16.1. The third kappa shape index (κ3) is 2.32. The second-order valence-electron chi connectivity index (χ2n) is 5.35. The Morgan fingerprint density at radius 3 is 2.42 bits per heavy atom. The van der Waals surface area contributed by atoms with Gasteiger partial charge in [-0.25, -0.2) is 14.6 Å². The summed E-state index contributed by atoms with van der Waals surface area (Å²) in [6, 6.07) is 1.95. The molecule has 0 aromatic carbocycles. The van der Waals surface area contributed by atoms with Crippen LogP contribution in [0.1, 0.15) is 48.7 Å². The number of rotatable bonds is 2. The Morgan fingerprint density at radius 2 is 1.79 bits per heavy atom. The zero-order valence-corrected chi connectivity index (χ0v) is 11.4. The van der Waals surface area contributed by atoms with Gasteiger partial charge in [0.2, 0.25) is 0 Å². The monoisotopic (exact) mass is 257 g/mol. The molecule has 0 atom stereocenters. The first-order valence-electron chi connectivity index (χ1n) is 6.81. The first-order valence-corrected chi connectivity index (χ1v) is 6.81. The van der Waals surface area contributed by atoms with Crippen molar-refractivity contribution in [1.82, 2.24) is 19.7 Å². The lowest BCUT2D eigenvalue weighted by Gasteiger charge is -2.05. The van der Waals surface area contributed by atoms with Gasteiger partial charge in [-0.05, 0) is 32.8 Å². The van der Waals surface area contributed by atoms with Crippen molar-refractivity contribution < 1.29 is 0 Å². The molecule has 100 valence electrons. The van der Waals surface area contributed by atoms with Crippen LogP contribution in [0.2, 0.25) is 0 Å². The lowest BCUT2D eigenvalue weighted by atomic mass is 10.0. The molecule has 2 aromatic heterocycles. The molecule has 0 aliphatic heterocycles. The Labute approximate surface area is 112 Å². The molecule has 0 amide bonds. The quantitative estimate of drug-likeness (QED) is 0.897. The maximum absolute atomic E-state index is 6.10. The predicted molar refractivity (Wildman–Crippen MR) is 74.2 cm³/mol. The van der Waals surface area contributed by atoms with Crippen molar-refractivity contribution in [3.63, 3.8) is 0 Å². The van der Waals surface area contributed by atoms with Crippen molar-refractivity contribution in [2.24, 2.45) is 0 Å². The van der Waals surface area contributed by atoms with Crippen molar-refractivity contribution >= 4 is 5.69 Å². The SMILES string of the molecule is Cc1cc(C)nc(-n2cc(N)c(C3CCCC3)n2)n1. The van der Waals surface area contributed by atoms with E-state index in [0.29, 0.717) is 11.9 Å². The Kier molecular flexibility index (Phi) is 2.97. The molecule has 2 aromatic rings. The highest BCUT2D eigenvalue weighted by molar-refractivity contribution is 5.44. The van der Waals surface area contributed by atoms with Crippen LogP contribution in [0.15, 0.2) is 12.3 Å². The fourth-order valence-corrected chi connectivity index (χ4v) is 2.83. The molecule has 5 heteroatoms. The van der Waals surface area contributed by atoms with Crippen molar-refractivity contribution in [2.45, 2.75) is 45.4 Å². The highest BCUT2D eigenvalue weighted by atomic mass is 15.3. The summed E-state index contributed by atoms with van der Waals surface area (Å²) < 4.78 is 1.71. The molecule has 19 heavy (non-hydrogen) atoms. The van der Waals surface area contributed by atoms with Crippen LogP contribution in [-0.2, 0) is 0 Å². The summed E-state index contributed by atoms with van der Waals surface area (Å²) in [7, 11) is 0. The molecule has 1 fully saturated rings. The van der Waals surface area contributed by atoms with E-state index < -0.39 is 0 Å². The number of aromatic nitrogens is 4. The second kappa shape index (κ2) is 4.64. The first kappa shape index (κ1) is 12.1. The molecule has 5 nitrogen and oxygen atoms in total. The summed E-state index contributed by atoms with van der Waals surface area (Å²) >= 11 is 0. The van der Waals surface area contributed by atoms with Gasteiger partial charge in [-0.15, -0.1) is 0 Å². The van der Waals surface area contributed by atoms with Gasteiger partial charge >= 0.3 is 0 Å². The summed E-state index contributed by atoms with van der Waals surface area (Å²) in [6.07, 6.45) is 6.76. The van der Waals surface area contributed by atoms with Gasteiger partial charge in [0, 0.05) is 17.3 Å². The van der Waals surface area contributed by atoms with Crippen molar-refractivity contribution in [2.75, 3.05) is 5.73 Å². The van der Waals surface area contributed by atoms with Gasteiger partial charge in [0.05, 0.1) is 17.6 Å². The number of hydrogen-bond acceptors (Lipinski definition) is 4. The van der Waals surface area contributed by atoms with Crippen LogP contribution < -0.4 is 5.73 Å². The van der Waals surface area contributed by atoms with E-state index in [1.54, 1.807) is 4.68 Å². The van der Waals surface area contributed by atoms with Gasteiger partial charge in [0.1, 0.15) is 0 Å². The molecule has 0 unspecified atom stereocenters. The van der Waals surface area contributed by atoms with Crippen LogP contribution in [0.4, 0.5) is 5.69 Å². The molecule has 1 saturated carbocycles. The van der Waals surface area contributed by atoms with Crippen LogP contribution in [0.3, 0.4) is 0 Å². The van der Waals surface area contributed by atoms with E-state index in [4.69, 9.17) is 5.73 Å². The van der Waals surface area contributed by atoms with E-state index in [-0.39, 0.29) is 0 Å². The summed E-state index contributed by atoms with van der Waals surface area (Å²) in [6.45, 7) is 3.92. The van der Waals surface area contributed by atoms with Crippen LogP contribution in [0.5, 0.6) is 0 Å². The van der Waals surface area contributed by atoms with Crippen LogP contribution in [-0.4, -0.2) is 19.7 Å². The standard InChI is InChI=1S/C14H19N5/c1-9-7-10(2)17-14(16-9)19-8-12(15)13(18-19)11-5-3-4-6-11/h7-8,11H,3-6,15H2,1-2H3. The fourth-order valence-electron chi connectivity index (χ4n) is 2.83. The molecular weight excluding hydrogens is 238 g/mol.